The molecule has 3 aromatic carbocycles. The van der Waals surface area contributed by atoms with Crippen molar-refractivity contribution in [3.8, 4) is 17.2 Å². The molecule has 0 aliphatic carbocycles. The summed E-state index contributed by atoms with van der Waals surface area (Å²) >= 11 is 0. The number of nitrogens with two attached hydrogens (primary N) is 1. The zero-order chi connectivity index (χ0) is 29.1. The highest BCUT2D eigenvalue weighted by molar-refractivity contribution is 5.98. The third-order valence-corrected chi connectivity index (χ3v) is 7.60. The Labute approximate surface area is 248 Å². The highest BCUT2D eigenvalue weighted by Gasteiger charge is 2.15. The third kappa shape index (κ3) is 10.9. The first-order valence-electron chi connectivity index (χ1n) is 15.3. The SMILES string of the molecule is COc1ccc(C(CCCCCCCCCCCNCCN)=C(c2ccc(OC)cc2)c2ccc(OC)cc2)cc1. The highest BCUT2D eigenvalue weighted by Crippen LogP contribution is 2.37. The summed E-state index contributed by atoms with van der Waals surface area (Å²) in [6.07, 6.45) is 12.6. The average molecular weight is 559 g/mol. The fourth-order valence-electron chi connectivity index (χ4n) is 5.25. The van der Waals surface area contributed by atoms with Gasteiger partial charge in [0.15, 0.2) is 0 Å². The minimum absolute atomic E-state index is 0.724. The molecular formula is C36H50N2O3. The van der Waals surface area contributed by atoms with Gasteiger partial charge in [-0.2, -0.15) is 0 Å². The second kappa shape index (κ2) is 19.0. The van der Waals surface area contributed by atoms with E-state index in [4.69, 9.17) is 19.9 Å². The van der Waals surface area contributed by atoms with Crippen LogP contribution in [0.3, 0.4) is 0 Å². The summed E-state index contributed by atoms with van der Waals surface area (Å²) < 4.78 is 16.4. The van der Waals surface area contributed by atoms with Crippen LogP contribution < -0.4 is 25.3 Å². The molecule has 41 heavy (non-hydrogen) atoms. The number of allylic oxidation sites excluding steroid dienone is 1. The van der Waals surface area contributed by atoms with E-state index in [0.29, 0.717) is 0 Å². The molecule has 3 N–H and O–H groups in total. The van der Waals surface area contributed by atoms with Gasteiger partial charge in [-0.1, -0.05) is 81.3 Å². The molecular weight excluding hydrogens is 508 g/mol. The molecule has 0 spiro atoms. The fourth-order valence-corrected chi connectivity index (χ4v) is 5.25. The number of rotatable bonds is 20. The molecule has 0 aromatic heterocycles. The zero-order valence-electron chi connectivity index (χ0n) is 25.4. The van der Waals surface area contributed by atoms with Crippen LogP contribution in [0.15, 0.2) is 72.8 Å². The smallest absolute Gasteiger partial charge is 0.118 e. The van der Waals surface area contributed by atoms with Crippen molar-refractivity contribution in [1.29, 1.82) is 0 Å². The minimum atomic E-state index is 0.724. The molecule has 0 heterocycles. The number of nitrogens with one attached hydrogen (secondary N) is 1. The molecule has 0 fully saturated rings. The van der Waals surface area contributed by atoms with E-state index in [1.807, 2.05) is 24.3 Å². The van der Waals surface area contributed by atoms with Crippen LogP contribution in [0.4, 0.5) is 0 Å². The van der Waals surface area contributed by atoms with E-state index in [-0.39, 0.29) is 0 Å². The summed E-state index contributed by atoms with van der Waals surface area (Å²) in [6.45, 7) is 2.75. The molecule has 0 aliphatic rings. The lowest BCUT2D eigenvalue weighted by Gasteiger charge is -2.18. The standard InChI is InChI=1S/C36H50N2O3/c1-39-32-20-14-29(15-21-32)35(13-11-9-7-5-4-6-8-10-12-27-38-28-26-37)36(30-16-22-33(40-2)23-17-30)31-18-24-34(41-3)25-19-31/h14-25,38H,4-13,26-28,37H2,1-3H3. The normalized spacial score (nSPS) is 10.8. The quantitative estimate of drug-likeness (QED) is 0.108. The number of unbranched alkanes of at least 4 members (excludes halogenated alkanes) is 8. The van der Waals surface area contributed by atoms with Gasteiger partial charge >= 0.3 is 0 Å². The van der Waals surface area contributed by atoms with E-state index < -0.39 is 0 Å². The minimum Gasteiger partial charge on any atom is -0.497 e. The Bertz CT molecular complexity index is 1090. The molecule has 222 valence electrons. The zero-order valence-corrected chi connectivity index (χ0v) is 25.4. The Hall–Kier alpha value is -3.28. The van der Waals surface area contributed by atoms with Crippen molar-refractivity contribution in [1.82, 2.24) is 5.32 Å². The molecule has 0 bridgehead atoms. The molecule has 0 saturated carbocycles. The second-order valence-corrected chi connectivity index (χ2v) is 10.5. The third-order valence-electron chi connectivity index (χ3n) is 7.60. The van der Waals surface area contributed by atoms with Crippen molar-refractivity contribution in [3.05, 3.63) is 89.5 Å². The van der Waals surface area contributed by atoms with Crippen molar-refractivity contribution >= 4 is 11.1 Å². The van der Waals surface area contributed by atoms with Crippen LogP contribution in [0, 0.1) is 0 Å². The van der Waals surface area contributed by atoms with Crippen molar-refractivity contribution in [2.45, 2.75) is 64.2 Å². The van der Waals surface area contributed by atoms with E-state index in [2.05, 4.69) is 53.8 Å². The van der Waals surface area contributed by atoms with Crippen LogP contribution in [-0.4, -0.2) is 41.0 Å². The van der Waals surface area contributed by atoms with Gasteiger partial charge in [-0.05, 0) is 90.0 Å². The second-order valence-electron chi connectivity index (χ2n) is 10.5. The molecule has 0 aliphatic heterocycles. The lowest BCUT2D eigenvalue weighted by Crippen LogP contribution is -2.23. The summed E-state index contributed by atoms with van der Waals surface area (Å²) in [7, 11) is 5.13. The lowest BCUT2D eigenvalue weighted by molar-refractivity contribution is 0.414. The van der Waals surface area contributed by atoms with Gasteiger partial charge < -0.3 is 25.3 Å². The molecule has 0 unspecified atom stereocenters. The Morgan fingerprint density at radius 2 is 0.902 bits per heavy atom. The lowest BCUT2D eigenvalue weighted by atomic mass is 9.86. The summed E-state index contributed by atoms with van der Waals surface area (Å²) in [5, 5.41) is 3.38. The van der Waals surface area contributed by atoms with E-state index in [1.165, 1.54) is 79.2 Å². The first-order chi connectivity index (χ1) is 20.2. The molecule has 0 atom stereocenters. The van der Waals surface area contributed by atoms with Gasteiger partial charge in [-0.3, -0.25) is 0 Å². The van der Waals surface area contributed by atoms with Gasteiger partial charge in [0.1, 0.15) is 17.2 Å². The molecule has 0 amide bonds. The maximum atomic E-state index is 5.53. The van der Waals surface area contributed by atoms with Crippen LogP contribution in [0.2, 0.25) is 0 Å². The highest BCUT2D eigenvalue weighted by atomic mass is 16.5. The maximum Gasteiger partial charge on any atom is 0.118 e. The largest absolute Gasteiger partial charge is 0.497 e. The molecule has 0 saturated heterocycles. The van der Waals surface area contributed by atoms with Crippen molar-refractivity contribution in [3.63, 3.8) is 0 Å². The predicted octanol–water partition coefficient (Wildman–Crippen LogP) is 8.12. The van der Waals surface area contributed by atoms with Gasteiger partial charge in [0.05, 0.1) is 21.3 Å². The summed E-state index contributed by atoms with van der Waals surface area (Å²) in [5.74, 6) is 2.59. The molecule has 0 radical (unpaired) electrons. The van der Waals surface area contributed by atoms with Gasteiger partial charge in [-0.15, -0.1) is 0 Å². The van der Waals surface area contributed by atoms with Crippen LogP contribution in [-0.2, 0) is 0 Å². The first kappa shape index (κ1) is 32.2. The average Bonchev–Trinajstić information content (AvgIpc) is 3.03. The van der Waals surface area contributed by atoms with Gasteiger partial charge in [0.2, 0.25) is 0 Å². The summed E-state index contributed by atoms with van der Waals surface area (Å²) in [6, 6.07) is 25.3. The molecule has 5 heteroatoms. The summed E-state index contributed by atoms with van der Waals surface area (Å²) in [5.41, 5.74) is 11.7. The van der Waals surface area contributed by atoms with E-state index in [1.54, 1.807) is 21.3 Å². The number of ether oxygens (including phenoxy) is 3. The van der Waals surface area contributed by atoms with Crippen LogP contribution in [0.5, 0.6) is 17.2 Å². The first-order valence-corrected chi connectivity index (χ1v) is 15.3. The van der Waals surface area contributed by atoms with E-state index in [9.17, 15) is 0 Å². The number of hydrogen-bond donors (Lipinski definition) is 2. The Morgan fingerprint density at radius 1 is 0.512 bits per heavy atom. The van der Waals surface area contributed by atoms with E-state index in [0.717, 1.165) is 49.7 Å². The van der Waals surface area contributed by atoms with Crippen molar-refractivity contribution in [2.24, 2.45) is 5.73 Å². The molecule has 5 nitrogen and oxygen atoms in total. The van der Waals surface area contributed by atoms with Crippen LogP contribution >= 0.6 is 0 Å². The monoisotopic (exact) mass is 558 g/mol. The van der Waals surface area contributed by atoms with Crippen molar-refractivity contribution < 1.29 is 14.2 Å². The number of methoxy groups -OCH3 is 3. The van der Waals surface area contributed by atoms with Crippen molar-refractivity contribution in [2.75, 3.05) is 41.0 Å². The predicted molar refractivity (Wildman–Crippen MR) is 173 cm³/mol. The Morgan fingerprint density at radius 3 is 1.32 bits per heavy atom. The van der Waals surface area contributed by atoms with Gasteiger partial charge in [0, 0.05) is 13.1 Å². The molecule has 3 rings (SSSR count). The number of benzene rings is 3. The summed E-state index contributed by atoms with van der Waals surface area (Å²) in [4.78, 5) is 0. The Balaban J connectivity index is 1.72. The molecule has 3 aromatic rings. The number of hydrogen-bond acceptors (Lipinski definition) is 5. The fraction of sp³-hybridized carbons (Fsp3) is 0.444. The van der Waals surface area contributed by atoms with Gasteiger partial charge in [-0.25, -0.2) is 0 Å². The van der Waals surface area contributed by atoms with Gasteiger partial charge in [0.25, 0.3) is 0 Å². The Kier molecular flexibility index (Phi) is 14.9. The topological polar surface area (TPSA) is 65.7 Å². The maximum absolute atomic E-state index is 5.53. The van der Waals surface area contributed by atoms with Crippen LogP contribution in [0.25, 0.3) is 11.1 Å². The van der Waals surface area contributed by atoms with Crippen LogP contribution in [0.1, 0.15) is 80.9 Å². The van der Waals surface area contributed by atoms with E-state index >= 15 is 0 Å².